The predicted octanol–water partition coefficient (Wildman–Crippen LogP) is 1.21. The maximum absolute atomic E-state index is 10.9. The first kappa shape index (κ1) is 10.9. The molecule has 0 atom stereocenters. The van der Waals surface area contributed by atoms with Crippen LogP contribution in [-0.4, -0.2) is 27.3 Å². The van der Waals surface area contributed by atoms with Crippen LogP contribution in [0.2, 0.25) is 0 Å². The van der Waals surface area contributed by atoms with Crippen molar-refractivity contribution in [1.29, 1.82) is 5.41 Å². The molecule has 6 nitrogen and oxygen atoms in total. The van der Waals surface area contributed by atoms with Crippen LogP contribution in [0, 0.1) is 5.41 Å². The maximum atomic E-state index is 10.9. The monoisotopic (exact) mass is 230 g/mol. The molecular formula is C11H10N4O2. The number of rotatable bonds is 3. The van der Waals surface area contributed by atoms with Crippen LogP contribution in [0.1, 0.15) is 16.1 Å². The largest absolute Gasteiger partial charge is 0.478 e. The van der Waals surface area contributed by atoms with Gasteiger partial charge in [-0.1, -0.05) is 0 Å². The van der Waals surface area contributed by atoms with Gasteiger partial charge >= 0.3 is 5.97 Å². The Balaban J connectivity index is 2.61. The molecule has 0 amide bonds. The molecule has 0 fully saturated rings. The van der Waals surface area contributed by atoms with Gasteiger partial charge in [0.05, 0.1) is 11.3 Å². The molecule has 2 aromatic rings. The molecule has 0 radical (unpaired) electrons. The van der Waals surface area contributed by atoms with E-state index in [1.54, 1.807) is 12.1 Å². The number of carboxylic acid groups (broad SMARTS) is 1. The van der Waals surface area contributed by atoms with E-state index in [2.05, 4.69) is 9.97 Å². The van der Waals surface area contributed by atoms with Gasteiger partial charge in [-0.3, -0.25) is 0 Å². The fraction of sp³-hybridized carbons (Fsp3) is 0. The summed E-state index contributed by atoms with van der Waals surface area (Å²) in [5.74, 6) is -1.01. The third-order valence-electron chi connectivity index (χ3n) is 2.40. The number of H-pyrrole nitrogens is 1. The van der Waals surface area contributed by atoms with Gasteiger partial charge < -0.3 is 21.2 Å². The Hall–Kier alpha value is -2.63. The van der Waals surface area contributed by atoms with Crippen LogP contribution in [0.5, 0.6) is 0 Å². The third-order valence-corrected chi connectivity index (χ3v) is 2.40. The molecule has 2 rings (SSSR count). The first-order valence-corrected chi connectivity index (χ1v) is 4.81. The number of carboxylic acids is 1. The number of aromatic carboxylic acids is 1. The van der Waals surface area contributed by atoms with E-state index in [9.17, 15) is 4.79 Å². The van der Waals surface area contributed by atoms with Crippen molar-refractivity contribution < 1.29 is 9.90 Å². The molecule has 0 spiro atoms. The zero-order valence-electron chi connectivity index (χ0n) is 8.77. The van der Waals surface area contributed by atoms with Gasteiger partial charge in [0.2, 0.25) is 0 Å². The lowest BCUT2D eigenvalue weighted by Gasteiger charge is -1.99. The van der Waals surface area contributed by atoms with Crippen molar-refractivity contribution in [2.75, 3.05) is 0 Å². The summed E-state index contributed by atoms with van der Waals surface area (Å²) in [5, 5.41) is 16.6. The molecule has 0 saturated heterocycles. The molecule has 0 aromatic carbocycles. The van der Waals surface area contributed by atoms with E-state index < -0.39 is 5.97 Å². The molecule has 0 aliphatic heterocycles. The van der Waals surface area contributed by atoms with Crippen LogP contribution >= 0.6 is 0 Å². The maximum Gasteiger partial charge on any atom is 0.337 e. The Kier molecular flexibility index (Phi) is 2.61. The van der Waals surface area contributed by atoms with E-state index in [1.165, 1.54) is 12.4 Å². The molecule has 0 aliphatic carbocycles. The first-order chi connectivity index (χ1) is 8.17. The van der Waals surface area contributed by atoms with Crippen molar-refractivity contribution >= 4 is 28.8 Å². The summed E-state index contributed by atoms with van der Waals surface area (Å²) in [4.78, 5) is 17.9. The van der Waals surface area contributed by atoms with Crippen molar-refractivity contribution in [2.45, 2.75) is 0 Å². The van der Waals surface area contributed by atoms with E-state index in [-0.39, 0.29) is 5.56 Å². The summed E-state index contributed by atoms with van der Waals surface area (Å²) in [6.45, 7) is 0. The number of carbonyl (C=O) groups is 1. The van der Waals surface area contributed by atoms with Crippen LogP contribution < -0.4 is 5.73 Å². The lowest BCUT2D eigenvalue weighted by Crippen LogP contribution is -1.96. The fourth-order valence-electron chi connectivity index (χ4n) is 1.55. The number of aromatic nitrogens is 2. The number of nitrogens with two attached hydrogens (primary N) is 1. The van der Waals surface area contributed by atoms with Gasteiger partial charge in [-0.2, -0.15) is 0 Å². The standard InChI is InChI=1S/C11H10N4O2/c12-3-6(4-13)9-2-1-7-8(11(16)17)5-14-10(7)15-9/h1-5,12H,13H2,(H,14,15)(H,16,17)/b6-4+,12-3?. The predicted molar refractivity (Wildman–Crippen MR) is 64.0 cm³/mol. The molecule has 2 aromatic heterocycles. The summed E-state index contributed by atoms with van der Waals surface area (Å²) >= 11 is 0. The number of fused-ring (bicyclic) bond motifs is 1. The van der Waals surface area contributed by atoms with Crippen LogP contribution in [0.3, 0.4) is 0 Å². The van der Waals surface area contributed by atoms with Crippen molar-refractivity contribution in [3.63, 3.8) is 0 Å². The number of nitrogens with zero attached hydrogens (tertiary/aromatic N) is 1. The zero-order valence-corrected chi connectivity index (χ0v) is 8.77. The Labute approximate surface area is 96.3 Å². The number of hydrogen-bond donors (Lipinski definition) is 4. The van der Waals surface area contributed by atoms with Gasteiger partial charge in [-0.25, -0.2) is 9.78 Å². The molecule has 0 aliphatic rings. The third kappa shape index (κ3) is 1.76. The summed E-state index contributed by atoms with van der Waals surface area (Å²) in [6.07, 6.45) is 3.76. The molecule has 0 saturated carbocycles. The zero-order chi connectivity index (χ0) is 12.4. The number of nitrogens with one attached hydrogen (secondary N) is 2. The smallest absolute Gasteiger partial charge is 0.337 e. The number of allylic oxidation sites excluding steroid dienone is 1. The van der Waals surface area contributed by atoms with Gasteiger partial charge in [0.1, 0.15) is 5.65 Å². The second-order valence-corrected chi connectivity index (χ2v) is 3.37. The first-order valence-electron chi connectivity index (χ1n) is 4.81. The van der Waals surface area contributed by atoms with E-state index in [1.807, 2.05) is 0 Å². The number of hydrogen-bond acceptors (Lipinski definition) is 4. The summed E-state index contributed by atoms with van der Waals surface area (Å²) in [6, 6.07) is 3.27. The Morgan fingerprint density at radius 3 is 2.88 bits per heavy atom. The van der Waals surface area contributed by atoms with E-state index in [0.717, 1.165) is 6.21 Å². The van der Waals surface area contributed by atoms with Crippen molar-refractivity contribution in [3.8, 4) is 0 Å². The normalized spacial score (nSPS) is 11.6. The topological polar surface area (TPSA) is 116 Å². The molecule has 0 unspecified atom stereocenters. The van der Waals surface area contributed by atoms with Gasteiger partial charge in [0.15, 0.2) is 0 Å². The number of pyridine rings is 1. The SMILES string of the molecule is N=C/C(=C\N)c1ccc2c(C(=O)O)c[nH]c2n1. The molecule has 17 heavy (non-hydrogen) atoms. The van der Waals surface area contributed by atoms with Crippen molar-refractivity contribution in [3.05, 3.63) is 35.8 Å². The van der Waals surface area contributed by atoms with Crippen molar-refractivity contribution in [1.82, 2.24) is 9.97 Å². The van der Waals surface area contributed by atoms with Crippen LogP contribution in [0.25, 0.3) is 16.6 Å². The average Bonchev–Trinajstić information content (AvgIpc) is 2.73. The minimum absolute atomic E-state index is 0.173. The van der Waals surface area contributed by atoms with Crippen LogP contribution in [-0.2, 0) is 0 Å². The molecule has 5 N–H and O–H groups in total. The second kappa shape index (κ2) is 4.09. The van der Waals surface area contributed by atoms with E-state index in [0.29, 0.717) is 22.3 Å². The highest BCUT2D eigenvalue weighted by Crippen LogP contribution is 2.19. The number of aromatic amines is 1. The highest BCUT2D eigenvalue weighted by atomic mass is 16.4. The Bertz CT molecular complexity index is 627. The molecule has 0 bridgehead atoms. The van der Waals surface area contributed by atoms with Gasteiger partial charge in [0.25, 0.3) is 0 Å². The Morgan fingerprint density at radius 2 is 2.29 bits per heavy atom. The minimum Gasteiger partial charge on any atom is -0.478 e. The quantitative estimate of drug-likeness (QED) is 0.593. The Morgan fingerprint density at radius 1 is 1.53 bits per heavy atom. The molecular weight excluding hydrogens is 220 g/mol. The second-order valence-electron chi connectivity index (χ2n) is 3.37. The van der Waals surface area contributed by atoms with Gasteiger partial charge in [-0.05, 0) is 12.1 Å². The fourth-order valence-corrected chi connectivity index (χ4v) is 1.55. The lowest BCUT2D eigenvalue weighted by atomic mass is 10.1. The molecule has 86 valence electrons. The van der Waals surface area contributed by atoms with Gasteiger partial charge in [-0.15, -0.1) is 0 Å². The van der Waals surface area contributed by atoms with Crippen LogP contribution in [0.4, 0.5) is 0 Å². The van der Waals surface area contributed by atoms with E-state index >= 15 is 0 Å². The highest BCUT2D eigenvalue weighted by molar-refractivity contribution is 6.08. The van der Waals surface area contributed by atoms with Crippen molar-refractivity contribution in [2.24, 2.45) is 5.73 Å². The summed E-state index contributed by atoms with van der Waals surface area (Å²) < 4.78 is 0. The van der Waals surface area contributed by atoms with Gasteiger partial charge in [0, 0.05) is 29.6 Å². The summed E-state index contributed by atoms with van der Waals surface area (Å²) in [5.41, 5.74) is 6.98. The highest BCUT2D eigenvalue weighted by Gasteiger charge is 2.12. The molecule has 6 heteroatoms. The summed E-state index contributed by atoms with van der Waals surface area (Å²) in [7, 11) is 0. The average molecular weight is 230 g/mol. The minimum atomic E-state index is -1.01. The van der Waals surface area contributed by atoms with Crippen LogP contribution in [0.15, 0.2) is 24.5 Å². The van der Waals surface area contributed by atoms with E-state index in [4.69, 9.17) is 16.2 Å². The lowest BCUT2D eigenvalue weighted by molar-refractivity contribution is 0.0699. The molecule has 2 heterocycles.